The number of benzene rings is 1. The number of hydrogen-bond donors (Lipinski definition) is 2. The summed E-state index contributed by atoms with van der Waals surface area (Å²) >= 11 is 3.48. The molecule has 1 heterocycles. The molecule has 1 atom stereocenters. The second-order valence-electron chi connectivity index (χ2n) is 5.38. The highest BCUT2D eigenvalue weighted by Gasteiger charge is 2.21. The third-order valence-corrected chi connectivity index (χ3v) is 4.36. The van der Waals surface area contributed by atoms with Crippen LogP contribution in [0.15, 0.2) is 22.7 Å². The summed E-state index contributed by atoms with van der Waals surface area (Å²) in [5.74, 6) is 0.833. The number of rotatable bonds is 4. The molecule has 3 N–H and O–H groups in total. The fourth-order valence-corrected chi connectivity index (χ4v) is 3.21. The fourth-order valence-electron chi connectivity index (χ4n) is 2.63. The zero-order chi connectivity index (χ0) is 14.0. The lowest BCUT2D eigenvalue weighted by molar-refractivity contribution is 0.396. The van der Waals surface area contributed by atoms with Crippen molar-refractivity contribution >= 4 is 27.5 Å². The van der Waals surface area contributed by atoms with Crippen LogP contribution in [0.25, 0.3) is 0 Å². The van der Waals surface area contributed by atoms with Gasteiger partial charge in [-0.2, -0.15) is 0 Å². The number of anilines is 1. The summed E-state index contributed by atoms with van der Waals surface area (Å²) in [6.07, 6.45) is 1.27. The maximum atomic E-state index is 7.49. The van der Waals surface area contributed by atoms with Crippen LogP contribution in [0.3, 0.4) is 0 Å². The van der Waals surface area contributed by atoms with Gasteiger partial charge in [0.25, 0.3) is 0 Å². The van der Waals surface area contributed by atoms with Gasteiger partial charge in [-0.15, -0.1) is 0 Å². The van der Waals surface area contributed by atoms with Crippen molar-refractivity contribution in [2.24, 2.45) is 11.7 Å². The molecule has 0 bridgehead atoms. The van der Waals surface area contributed by atoms with Crippen molar-refractivity contribution in [2.75, 3.05) is 38.6 Å². The van der Waals surface area contributed by atoms with Gasteiger partial charge in [0.15, 0.2) is 0 Å². The Balaban J connectivity index is 2.05. The van der Waals surface area contributed by atoms with E-state index in [-0.39, 0.29) is 5.84 Å². The monoisotopic (exact) mass is 324 g/mol. The van der Waals surface area contributed by atoms with E-state index >= 15 is 0 Å². The van der Waals surface area contributed by atoms with Crippen LogP contribution in [-0.2, 0) is 0 Å². The van der Waals surface area contributed by atoms with Gasteiger partial charge in [-0.1, -0.05) is 0 Å². The lowest BCUT2D eigenvalue weighted by atomic mass is 10.1. The molecule has 1 saturated heterocycles. The highest BCUT2D eigenvalue weighted by Crippen LogP contribution is 2.25. The third kappa shape index (κ3) is 3.48. The smallest absolute Gasteiger partial charge is 0.123 e. The van der Waals surface area contributed by atoms with E-state index < -0.39 is 0 Å². The molecule has 4 nitrogen and oxygen atoms in total. The van der Waals surface area contributed by atoms with E-state index in [0.29, 0.717) is 0 Å². The average molecular weight is 325 g/mol. The topological polar surface area (TPSA) is 56.4 Å². The van der Waals surface area contributed by atoms with Crippen LogP contribution in [0, 0.1) is 11.3 Å². The summed E-state index contributed by atoms with van der Waals surface area (Å²) in [4.78, 5) is 4.66. The molecule has 1 unspecified atom stereocenters. The van der Waals surface area contributed by atoms with E-state index in [1.54, 1.807) is 0 Å². The van der Waals surface area contributed by atoms with Crippen molar-refractivity contribution in [1.29, 1.82) is 5.41 Å². The van der Waals surface area contributed by atoms with E-state index in [4.69, 9.17) is 11.1 Å². The first-order valence-corrected chi connectivity index (χ1v) is 7.30. The van der Waals surface area contributed by atoms with Crippen molar-refractivity contribution < 1.29 is 0 Å². The summed E-state index contributed by atoms with van der Waals surface area (Å²) in [5, 5.41) is 7.49. The predicted molar refractivity (Wildman–Crippen MR) is 84.0 cm³/mol. The van der Waals surface area contributed by atoms with Crippen LogP contribution in [0.5, 0.6) is 0 Å². The molecule has 0 spiro atoms. The third-order valence-electron chi connectivity index (χ3n) is 3.70. The Morgan fingerprint density at radius 2 is 2.32 bits per heavy atom. The maximum Gasteiger partial charge on any atom is 0.123 e. The van der Waals surface area contributed by atoms with Crippen molar-refractivity contribution in [3.05, 3.63) is 28.2 Å². The summed E-state index contributed by atoms with van der Waals surface area (Å²) in [7, 11) is 4.30. The van der Waals surface area contributed by atoms with Crippen LogP contribution in [-0.4, -0.2) is 44.5 Å². The molecule has 5 heteroatoms. The molecule has 1 aliphatic heterocycles. The molecule has 1 fully saturated rings. The number of nitrogen functional groups attached to an aromatic ring is 1. The van der Waals surface area contributed by atoms with Gasteiger partial charge in [0.2, 0.25) is 0 Å². The molecule has 0 aromatic heterocycles. The van der Waals surface area contributed by atoms with Gasteiger partial charge >= 0.3 is 0 Å². The largest absolute Gasteiger partial charge is 0.384 e. The van der Waals surface area contributed by atoms with E-state index in [9.17, 15) is 0 Å². The SMILES string of the molecule is CN1CCC(CN(C)c2ccc(C(=N)N)c(Br)c2)C1. The van der Waals surface area contributed by atoms with Gasteiger partial charge in [-0.25, -0.2) is 0 Å². The Hall–Kier alpha value is -1.07. The van der Waals surface area contributed by atoms with Gasteiger partial charge in [0, 0.05) is 35.9 Å². The maximum absolute atomic E-state index is 7.49. The molecule has 1 aromatic carbocycles. The quantitative estimate of drug-likeness (QED) is 0.659. The standard InChI is InChI=1S/C14H21BrN4/c1-18-6-5-10(8-18)9-19(2)11-3-4-12(14(16)17)13(15)7-11/h3-4,7,10H,5-6,8-9H2,1-2H3,(H3,16,17). The second kappa shape index (κ2) is 5.92. The Kier molecular flexibility index (Phi) is 4.47. The summed E-state index contributed by atoms with van der Waals surface area (Å²) in [6, 6.07) is 5.97. The molecule has 19 heavy (non-hydrogen) atoms. The molecule has 104 valence electrons. The lowest BCUT2D eigenvalue weighted by Gasteiger charge is -2.23. The summed E-state index contributed by atoms with van der Waals surface area (Å²) in [6.45, 7) is 3.44. The van der Waals surface area contributed by atoms with Gasteiger partial charge in [-0.3, -0.25) is 5.41 Å². The van der Waals surface area contributed by atoms with Crippen molar-refractivity contribution in [3.8, 4) is 0 Å². The van der Waals surface area contributed by atoms with Crippen LogP contribution >= 0.6 is 15.9 Å². The summed E-state index contributed by atoms with van der Waals surface area (Å²) in [5.41, 5.74) is 7.43. The normalized spacial score (nSPS) is 19.6. The highest BCUT2D eigenvalue weighted by atomic mass is 79.9. The molecule has 1 aromatic rings. The van der Waals surface area contributed by atoms with E-state index in [0.717, 1.165) is 28.2 Å². The minimum atomic E-state index is 0.0958. The fraction of sp³-hybridized carbons (Fsp3) is 0.500. The zero-order valence-corrected chi connectivity index (χ0v) is 13.1. The Bertz CT molecular complexity index is 475. The molecule has 0 amide bonds. The van der Waals surface area contributed by atoms with Gasteiger partial charge < -0.3 is 15.5 Å². The first-order valence-electron chi connectivity index (χ1n) is 6.51. The number of nitrogens with two attached hydrogens (primary N) is 1. The van der Waals surface area contributed by atoms with Crippen molar-refractivity contribution in [3.63, 3.8) is 0 Å². The molecule has 0 saturated carbocycles. The molecule has 0 aliphatic carbocycles. The van der Waals surface area contributed by atoms with Crippen LogP contribution in [0.1, 0.15) is 12.0 Å². The first kappa shape index (κ1) is 14.3. The summed E-state index contributed by atoms with van der Waals surface area (Å²) < 4.78 is 0.882. The molecule has 2 rings (SSSR count). The van der Waals surface area contributed by atoms with E-state index in [1.807, 2.05) is 18.2 Å². The predicted octanol–water partition coefficient (Wildman–Crippen LogP) is 2.12. The van der Waals surface area contributed by atoms with Crippen LogP contribution in [0.4, 0.5) is 5.69 Å². The van der Waals surface area contributed by atoms with Gasteiger partial charge in [-0.05, 0) is 60.1 Å². The molecule has 0 radical (unpaired) electrons. The number of likely N-dealkylation sites (tertiary alicyclic amines) is 1. The number of nitrogens with one attached hydrogen (secondary N) is 1. The van der Waals surface area contributed by atoms with Crippen molar-refractivity contribution in [2.45, 2.75) is 6.42 Å². The number of amidine groups is 1. The minimum absolute atomic E-state index is 0.0958. The van der Waals surface area contributed by atoms with Crippen LogP contribution < -0.4 is 10.6 Å². The molecule has 1 aliphatic rings. The van der Waals surface area contributed by atoms with Crippen molar-refractivity contribution in [1.82, 2.24) is 4.90 Å². The Morgan fingerprint density at radius 3 is 2.84 bits per heavy atom. The highest BCUT2D eigenvalue weighted by molar-refractivity contribution is 9.10. The number of halogens is 1. The lowest BCUT2D eigenvalue weighted by Crippen LogP contribution is -2.27. The molecular weight excluding hydrogens is 304 g/mol. The second-order valence-corrected chi connectivity index (χ2v) is 6.23. The van der Waals surface area contributed by atoms with Gasteiger partial charge in [0.05, 0.1) is 0 Å². The molecular formula is C14H21BrN4. The zero-order valence-electron chi connectivity index (χ0n) is 11.5. The number of nitrogens with zero attached hydrogens (tertiary/aromatic N) is 2. The average Bonchev–Trinajstić information content (AvgIpc) is 2.74. The van der Waals surface area contributed by atoms with Crippen LogP contribution in [0.2, 0.25) is 0 Å². The minimum Gasteiger partial charge on any atom is -0.384 e. The Morgan fingerprint density at radius 1 is 1.58 bits per heavy atom. The first-order chi connectivity index (χ1) is 8.97. The van der Waals surface area contributed by atoms with E-state index in [1.165, 1.54) is 19.5 Å². The Labute approximate surface area is 123 Å². The van der Waals surface area contributed by atoms with Gasteiger partial charge in [0.1, 0.15) is 5.84 Å². The number of hydrogen-bond acceptors (Lipinski definition) is 3. The van der Waals surface area contributed by atoms with E-state index in [2.05, 4.69) is 39.8 Å².